The number of hydrogen-bond acceptors (Lipinski definition) is 2. The van der Waals surface area contributed by atoms with E-state index in [0.717, 1.165) is 34.3 Å². The van der Waals surface area contributed by atoms with Crippen molar-refractivity contribution in [2.24, 2.45) is 4.99 Å². The van der Waals surface area contributed by atoms with Gasteiger partial charge in [0, 0.05) is 23.7 Å². The first kappa shape index (κ1) is 16.4. The number of aliphatic imine (C=N–C) groups is 1. The van der Waals surface area contributed by atoms with Gasteiger partial charge in [0.15, 0.2) is 0 Å². The Morgan fingerprint density at radius 2 is 2.08 bits per heavy atom. The summed E-state index contributed by atoms with van der Waals surface area (Å²) in [5.41, 5.74) is 4.68. The van der Waals surface area contributed by atoms with Gasteiger partial charge in [-0.2, -0.15) is 0 Å². The third-order valence-corrected chi connectivity index (χ3v) is 4.35. The monoisotopic (exact) mass is 323 g/mol. The highest BCUT2D eigenvalue weighted by atomic mass is 16.5. The van der Waals surface area contributed by atoms with Crippen molar-refractivity contribution in [3.63, 3.8) is 0 Å². The van der Waals surface area contributed by atoms with E-state index in [1.807, 2.05) is 18.2 Å². The Morgan fingerprint density at radius 1 is 1.21 bits per heavy atom. The first-order valence-corrected chi connectivity index (χ1v) is 8.59. The fraction of sp³-hybridized carbons (Fsp3) is 0.350. The van der Waals surface area contributed by atoms with Crippen molar-refractivity contribution in [2.45, 2.75) is 39.5 Å². The second-order valence-electron chi connectivity index (χ2n) is 6.16. The summed E-state index contributed by atoms with van der Waals surface area (Å²) in [6.07, 6.45) is 12.7. The minimum absolute atomic E-state index is 0.827. The van der Waals surface area contributed by atoms with Gasteiger partial charge in [0.25, 0.3) is 0 Å². The van der Waals surface area contributed by atoms with Gasteiger partial charge in [0.1, 0.15) is 5.75 Å². The molecule has 0 bridgehead atoms. The zero-order valence-corrected chi connectivity index (χ0v) is 14.6. The number of hydrogen-bond donors (Lipinski definition) is 2. The van der Waals surface area contributed by atoms with Crippen LogP contribution in [0.15, 0.2) is 29.3 Å². The summed E-state index contributed by atoms with van der Waals surface area (Å²) in [6, 6.07) is 4.23. The second-order valence-corrected chi connectivity index (χ2v) is 6.16. The highest BCUT2D eigenvalue weighted by Gasteiger charge is 2.06. The lowest BCUT2D eigenvalue weighted by Gasteiger charge is -1.97. The van der Waals surface area contributed by atoms with Gasteiger partial charge in [-0.3, -0.25) is 4.99 Å². The average Bonchev–Trinajstić information content (AvgIpc) is 3.28. The maximum Gasteiger partial charge on any atom is 0.144 e. The molecule has 126 valence electrons. The van der Waals surface area contributed by atoms with E-state index in [9.17, 15) is 0 Å². The average molecular weight is 323 g/mol. The minimum Gasteiger partial charge on any atom is -0.494 e. The maximum absolute atomic E-state index is 5.51. The predicted molar refractivity (Wildman–Crippen MR) is 100.0 cm³/mol. The number of H-pyrrole nitrogens is 2. The Labute approximate surface area is 142 Å². The van der Waals surface area contributed by atoms with Crippen LogP contribution in [0, 0.1) is 6.92 Å². The van der Waals surface area contributed by atoms with Gasteiger partial charge in [-0.25, -0.2) is 0 Å². The molecule has 0 amide bonds. The first-order chi connectivity index (χ1) is 11.7. The number of nitrogens with one attached hydrogen (secondary N) is 2. The Balaban J connectivity index is 1.94. The Bertz CT molecular complexity index is 867. The van der Waals surface area contributed by atoms with Gasteiger partial charge in [-0.1, -0.05) is 19.8 Å². The normalized spacial score (nSPS) is 16.4. The molecule has 24 heavy (non-hydrogen) atoms. The van der Waals surface area contributed by atoms with Crippen LogP contribution < -0.4 is 15.4 Å². The second kappa shape index (κ2) is 7.39. The van der Waals surface area contributed by atoms with E-state index < -0.39 is 0 Å². The summed E-state index contributed by atoms with van der Waals surface area (Å²) in [5.74, 6) is 0.827. The standard InChI is InChI=1S/C20H25N3O/c1-4-5-6-8-15-11-16(22-14(15)2)12-19-20(24-3)13-18(23-19)17-9-7-10-21-17/h7,9-13,22-23H,4-6,8H2,1-3H3/b18-17+,19-12+. The number of allylic oxidation sites excluding steroid dienone is 1. The number of methoxy groups -OCH3 is 1. The van der Waals surface area contributed by atoms with Gasteiger partial charge in [-0.15, -0.1) is 0 Å². The van der Waals surface area contributed by atoms with Crippen LogP contribution in [-0.4, -0.2) is 23.3 Å². The van der Waals surface area contributed by atoms with Crippen molar-refractivity contribution in [3.05, 3.63) is 51.9 Å². The smallest absolute Gasteiger partial charge is 0.144 e. The summed E-state index contributed by atoms with van der Waals surface area (Å²) in [4.78, 5) is 11.2. The molecule has 3 heterocycles. The topological polar surface area (TPSA) is 53.2 Å². The van der Waals surface area contributed by atoms with Crippen LogP contribution >= 0.6 is 0 Å². The first-order valence-electron chi connectivity index (χ1n) is 8.59. The van der Waals surface area contributed by atoms with E-state index in [4.69, 9.17) is 4.74 Å². The molecule has 2 aromatic heterocycles. The fourth-order valence-electron chi connectivity index (χ4n) is 3.01. The molecule has 0 unspecified atom stereocenters. The Hall–Kier alpha value is -2.49. The van der Waals surface area contributed by atoms with Crippen LogP contribution in [0.5, 0.6) is 5.75 Å². The van der Waals surface area contributed by atoms with Gasteiger partial charge < -0.3 is 14.7 Å². The van der Waals surface area contributed by atoms with Crippen molar-refractivity contribution < 1.29 is 4.74 Å². The predicted octanol–water partition coefficient (Wildman–Crippen LogP) is 2.97. The van der Waals surface area contributed by atoms with Crippen LogP contribution in [0.4, 0.5) is 0 Å². The molecule has 2 aromatic rings. The molecule has 0 aromatic carbocycles. The van der Waals surface area contributed by atoms with E-state index in [1.54, 1.807) is 13.3 Å². The van der Waals surface area contributed by atoms with Crippen molar-refractivity contribution in [2.75, 3.05) is 7.11 Å². The minimum atomic E-state index is 0.827. The molecule has 4 nitrogen and oxygen atoms in total. The molecule has 4 heteroatoms. The highest BCUT2D eigenvalue weighted by molar-refractivity contribution is 5.85. The van der Waals surface area contributed by atoms with E-state index in [0.29, 0.717) is 0 Å². The van der Waals surface area contributed by atoms with Crippen molar-refractivity contribution >= 4 is 18.0 Å². The maximum atomic E-state index is 5.51. The van der Waals surface area contributed by atoms with Crippen molar-refractivity contribution in [1.29, 1.82) is 0 Å². The summed E-state index contributed by atoms with van der Waals surface area (Å²) in [5, 5.41) is 1.92. The molecule has 0 atom stereocenters. The number of aryl methyl sites for hydroxylation is 2. The molecule has 0 saturated heterocycles. The molecule has 0 fully saturated rings. The molecule has 0 aliphatic carbocycles. The molecule has 3 rings (SSSR count). The Morgan fingerprint density at radius 3 is 2.79 bits per heavy atom. The summed E-state index contributed by atoms with van der Waals surface area (Å²) >= 11 is 0. The third kappa shape index (κ3) is 3.53. The quantitative estimate of drug-likeness (QED) is 0.789. The van der Waals surface area contributed by atoms with E-state index in [2.05, 4.69) is 41.0 Å². The molecule has 0 saturated carbocycles. The molecule has 1 aliphatic heterocycles. The van der Waals surface area contributed by atoms with Crippen LogP contribution in [0.25, 0.3) is 11.8 Å². The molecule has 2 N–H and O–H groups in total. The lowest BCUT2D eigenvalue weighted by molar-refractivity contribution is 0.412. The highest BCUT2D eigenvalue weighted by Crippen LogP contribution is 2.15. The van der Waals surface area contributed by atoms with Gasteiger partial charge in [0.2, 0.25) is 0 Å². The van der Waals surface area contributed by atoms with E-state index in [-0.39, 0.29) is 0 Å². The zero-order chi connectivity index (χ0) is 16.9. The van der Waals surface area contributed by atoms with Gasteiger partial charge in [-0.05, 0) is 49.6 Å². The van der Waals surface area contributed by atoms with Gasteiger partial charge >= 0.3 is 0 Å². The summed E-state index contributed by atoms with van der Waals surface area (Å²) in [6.45, 7) is 4.38. The molecule has 1 aliphatic rings. The van der Waals surface area contributed by atoms with Crippen LogP contribution in [0.3, 0.4) is 0 Å². The van der Waals surface area contributed by atoms with E-state index >= 15 is 0 Å². The van der Waals surface area contributed by atoms with Crippen LogP contribution in [-0.2, 0) is 6.42 Å². The number of unbranched alkanes of at least 4 members (excludes halogenated alkanes) is 2. The summed E-state index contributed by atoms with van der Waals surface area (Å²) in [7, 11) is 1.69. The van der Waals surface area contributed by atoms with Gasteiger partial charge in [0.05, 0.1) is 23.5 Å². The zero-order valence-electron chi connectivity index (χ0n) is 14.6. The number of aromatic nitrogens is 2. The van der Waals surface area contributed by atoms with Crippen molar-refractivity contribution in [1.82, 2.24) is 9.97 Å². The van der Waals surface area contributed by atoms with E-state index in [1.165, 1.54) is 30.5 Å². The lowest BCUT2D eigenvalue weighted by Crippen LogP contribution is -2.12. The number of aromatic amines is 2. The molecule has 0 radical (unpaired) electrons. The lowest BCUT2D eigenvalue weighted by atomic mass is 10.1. The third-order valence-electron chi connectivity index (χ3n) is 4.35. The van der Waals surface area contributed by atoms with Crippen LogP contribution in [0.2, 0.25) is 0 Å². The largest absolute Gasteiger partial charge is 0.494 e. The number of rotatable bonds is 6. The molecular formula is C20H25N3O. The Kier molecular flexibility index (Phi) is 5.04. The SMILES string of the molecule is CCCCCc1cc(/C=c2/[nH]/c(=C3\C=CC=N3)cc2OC)[nH]c1C. The number of ether oxygens (including phenoxy) is 1. The number of nitrogens with zero attached hydrogens (tertiary/aromatic N) is 1. The van der Waals surface area contributed by atoms with Crippen LogP contribution in [0.1, 0.15) is 43.1 Å². The molecular weight excluding hydrogens is 298 g/mol. The van der Waals surface area contributed by atoms with Crippen molar-refractivity contribution in [3.8, 4) is 5.75 Å². The fourth-order valence-corrected chi connectivity index (χ4v) is 3.01. The summed E-state index contributed by atoms with van der Waals surface area (Å²) < 4.78 is 5.51. The molecule has 0 spiro atoms.